The first-order valence-corrected chi connectivity index (χ1v) is 10.8. The molecule has 3 amide bonds. The van der Waals surface area contributed by atoms with Gasteiger partial charge >= 0.3 is 6.09 Å². The monoisotopic (exact) mass is 488 g/mol. The van der Waals surface area contributed by atoms with Crippen LogP contribution in [0.5, 0.6) is 0 Å². The lowest BCUT2D eigenvalue weighted by Crippen LogP contribution is -2.46. The lowest BCUT2D eigenvalue weighted by Gasteiger charge is -2.22. The summed E-state index contributed by atoms with van der Waals surface area (Å²) in [5, 5.41) is 16.6. The van der Waals surface area contributed by atoms with Gasteiger partial charge < -0.3 is 29.9 Å². The van der Waals surface area contributed by atoms with Gasteiger partial charge in [0.2, 0.25) is 5.91 Å². The van der Waals surface area contributed by atoms with Gasteiger partial charge in [0.25, 0.3) is 11.7 Å². The van der Waals surface area contributed by atoms with Crippen molar-refractivity contribution < 1.29 is 28.6 Å². The Balaban J connectivity index is 1.42. The molecule has 0 bridgehead atoms. The second kappa shape index (κ2) is 9.32. The number of aliphatic hydroxyl groups is 1. The number of nitrogens with one attached hydrogen (secondary N) is 2. The van der Waals surface area contributed by atoms with Crippen LogP contribution in [0, 0.1) is 5.82 Å². The summed E-state index contributed by atoms with van der Waals surface area (Å²) < 4.78 is 20.2. The number of benzene rings is 2. The van der Waals surface area contributed by atoms with E-state index < -0.39 is 23.6 Å². The molecule has 1 saturated heterocycles. The van der Waals surface area contributed by atoms with Crippen LogP contribution in [0.1, 0.15) is 12.0 Å². The van der Waals surface area contributed by atoms with E-state index in [1.807, 2.05) is 6.07 Å². The molecule has 178 valence electrons. The number of amides is 3. The van der Waals surface area contributed by atoms with Crippen LogP contribution in [-0.2, 0) is 27.4 Å². The Kier molecular flexibility index (Phi) is 6.45. The smallest absolute Gasteiger partial charge is 0.407 e. The minimum atomic E-state index is -2.33. The van der Waals surface area contributed by atoms with Crippen molar-refractivity contribution in [2.24, 2.45) is 0 Å². The molecule has 9 nitrogen and oxygen atoms in total. The second-order valence-electron chi connectivity index (χ2n) is 7.87. The van der Waals surface area contributed by atoms with Crippen LogP contribution in [0.15, 0.2) is 48.7 Å². The molecule has 4 rings (SSSR count). The normalized spacial score (nSPS) is 17.8. The van der Waals surface area contributed by atoms with Crippen LogP contribution in [0.4, 0.5) is 14.9 Å². The molecule has 3 aromatic rings. The molecule has 0 radical (unpaired) electrons. The molecule has 1 atom stereocenters. The molecule has 1 fully saturated rings. The predicted molar refractivity (Wildman–Crippen MR) is 123 cm³/mol. The number of likely N-dealkylation sites (N-methyl/N-ethyl adjacent to an activating group) is 1. The fraction of sp³-hybridized carbons (Fsp3) is 0.261. The Morgan fingerprint density at radius 3 is 2.76 bits per heavy atom. The fourth-order valence-electron chi connectivity index (χ4n) is 3.83. The molecule has 0 spiro atoms. The Labute approximate surface area is 199 Å². The second-order valence-corrected chi connectivity index (χ2v) is 8.31. The van der Waals surface area contributed by atoms with Gasteiger partial charge in [0.05, 0.1) is 0 Å². The number of nitrogens with zero attached hydrogens (tertiary/aromatic N) is 2. The van der Waals surface area contributed by atoms with Crippen molar-refractivity contribution >= 4 is 46.1 Å². The highest BCUT2D eigenvalue weighted by molar-refractivity contribution is 6.30. The summed E-state index contributed by atoms with van der Waals surface area (Å²) >= 11 is 5.79. The number of hydrogen-bond donors (Lipinski definition) is 3. The molecular weight excluding hydrogens is 467 g/mol. The average molecular weight is 489 g/mol. The van der Waals surface area contributed by atoms with Gasteiger partial charge in [0, 0.05) is 54.4 Å². The lowest BCUT2D eigenvalue weighted by molar-refractivity contribution is -0.175. The Bertz CT molecular complexity index is 1260. The number of carbonyl (C=O) groups is 3. The fourth-order valence-corrected chi connectivity index (χ4v) is 4.07. The largest absolute Gasteiger partial charge is 0.410 e. The van der Waals surface area contributed by atoms with Crippen molar-refractivity contribution in [3.05, 3.63) is 65.1 Å². The van der Waals surface area contributed by atoms with Gasteiger partial charge in [-0.3, -0.25) is 9.59 Å². The van der Waals surface area contributed by atoms with E-state index in [9.17, 15) is 23.9 Å². The summed E-state index contributed by atoms with van der Waals surface area (Å²) in [4.78, 5) is 38.1. The van der Waals surface area contributed by atoms with Crippen LogP contribution in [-0.4, -0.2) is 47.0 Å². The molecular formula is C23H22ClFN4O5. The zero-order valence-corrected chi connectivity index (χ0v) is 18.9. The van der Waals surface area contributed by atoms with Gasteiger partial charge in [0.15, 0.2) is 0 Å². The lowest BCUT2D eigenvalue weighted by atomic mass is 10.2. The minimum absolute atomic E-state index is 0.103. The zero-order valence-electron chi connectivity index (χ0n) is 18.2. The van der Waals surface area contributed by atoms with Gasteiger partial charge in [0.1, 0.15) is 12.4 Å². The van der Waals surface area contributed by atoms with E-state index in [2.05, 4.69) is 10.6 Å². The summed E-state index contributed by atoms with van der Waals surface area (Å²) in [6.07, 6.45) is 0.617. The van der Waals surface area contributed by atoms with Crippen molar-refractivity contribution in [2.45, 2.75) is 25.3 Å². The van der Waals surface area contributed by atoms with Gasteiger partial charge in [-0.1, -0.05) is 11.6 Å². The third kappa shape index (κ3) is 4.82. The average Bonchev–Trinajstić information content (AvgIpc) is 3.31. The van der Waals surface area contributed by atoms with E-state index in [1.54, 1.807) is 36.0 Å². The van der Waals surface area contributed by atoms with E-state index >= 15 is 0 Å². The van der Waals surface area contributed by atoms with Crippen LogP contribution in [0.3, 0.4) is 0 Å². The predicted octanol–water partition coefficient (Wildman–Crippen LogP) is 2.53. The summed E-state index contributed by atoms with van der Waals surface area (Å²) in [6.45, 7) is 0.188. The van der Waals surface area contributed by atoms with Crippen molar-refractivity contribution in [3.63, 3.8) is 0 Å². The molecule has 11 heteroatoms. The molecule has 1 aliphatic heterocycles. The first kappa shape index (κ1) is 23.5. The number of carbonyl (C=O) groups excluding carboxylic acids is 3. The number of alkyl carbamates (subject to hydrolysis) is 1. The van der Waals surface area contributed by atoms with Gasteiger partial charge in [-0.2, -0.15) is 0 Å². The van der Waals surface area contributed by atoms with Crippen LogP contribution >= 0.6 is 11.6 Å². The highest BCUT2D eigenvalue weighted by Gasteiger charge is 2.49. The number of halogens is 2. The van der Waals surface area contributed by atoms with E-state index in [0.717, 1.165) is 17.0 Å². The third-order valence-electron chi connectivity index (χ3n) is 5.53. The maximum absolute atomic E-state index is 13.4. The minimum Gasteiger partial charge on any atom is -0.407 e. The van der Waals surface area contributed by atoms with Gasteiger partial charge in [-0.05, 0) is 48.0 Å². The number of hydrogen-bond acceptors (Lipinski definition) is 5. The summed E-state index contributed by atoms with van der Waals surface area (Å²) in [5.74, 6) is -3.80. The van der Waals surface area contributed by atoms with E-state index in [1.165, 1.54) is 17.0 Å². The molecule has 34 heavy (non-hydrogen) atoms. The maximum Gasteiger partial charge on any atom is 0.410 e. The summed E-state index contributed by atoms with van der Waals surface area (Å²) in [7, 11) is 1.56. The number of aromatic nitrogens is 1. The standard InChI is InChI=1S/C23H22ClFN4O5/c1-26-20(30)13-28-6-4-15-10-18(2-3-19(15)28)29-7-5-23(33,21(29)31)34-22(32)27-12-14-8-16(24)11-17(25)9-14/h2-4,6,8-11,33H,5,7,12-13H2,1H3,(H,26,30)(H,27,32)/t23-/m0/s1. The number of rotatable bonds is 6. The maximum atomic E-state index is 13.4. The van der Waals surface area contributed by atoms with Crippen molar-refractivity contribution in [3.8, 4) is 0 Å². The van der Waals surface area contributed by atoms with Crippen LogP contribution in [0.2, 0.25) is 5.02 Å². The van der Waals surface area contributed by atoms with Crippen molar-refractivity contribution in [1.29, 1.82) is 0 Å². The highest BCUT2D eigenvalue weighted by Crippen LogP contribution is 2.31. The first-order chi connectivity index (χ1) is 16.2. The molecule has 1 aliphatic rings. The number of fused-ring (bicyclic) bond motifs is 1. The van der Waals surface area contributed by atoms with E-state index in [4.69, 9.17) is 16.3 Å². The van der Waals surface area contributed by atoms with Crippen LogP contribution in [0.25, 0.3) is 10.9 Å². The van der Waals surface area contributed by atoms with E-state index in [-0.39, 0.29) is 37.0 Å². The molecule has 0 saturated carbocycles. The Hall–Kier alpha value is -3.63. The molecule has 0 aliphatic carbocycles. The van der Waals surface area contributed by atoms with Crippen molar-refractivity contribution in [2.75, 3.05) is 18.5 Å². The quantitative estimate of drug-likeness (QED) is 0.461. The zero-order chi connectivity index (χ0) is 24.5. The van der Waals surface area contributed by atoms with Gasteiger partial charge in [-0.15, -0.1) is 0 Å². The summed E-state index contributed by atoms with van der Waals surface area (Å²) in [6, 6.07) is 10.8. The number of anilines is 1. The molecule has 2 heterocycles. The highest BCUT2D eigenvalue weighted by atomic mass is 35.5. The topological polar surface area (TPSA) is 113 Å². The molecule has 0 unspecified atom stereocenters. The van der Waals surface area contributed by atoms with Crippen molar-refractivity contribution in [1.82, 2.24) is 15.2 Å². The Morgan fingerprint density at radius 1 is 1.24 bits per heavy atom. The number of ether oxygens (including phenoxy) is 1. The van der Waals surface area contributed by atoms with E-state index in [0.29, 0.717) is 11.3 Å². The van der Waals surface area contributed by atoms with Gasteiger partial charge in [-0.25, -0.2) is 9.18 Å². The molecule has 3 N–H and O–H groups in total. The van der Waals surface area contributed by atoms with Crippen LogP contribution < -0.4 is 15.5 Å². The SMILES string of the molecule is CNC(=O)Cn1ccc2cc(N3CC[C@](O)(OC(=O)NCc4cc(F)cc(Cl)c4)C3=O)ccc21. The Morgan fingerprint density at radius 2 is 2.03 bits per heavy atom. The summed E-state index contributed by atoms with van der Waals surface area (Å²) in [5.41, 5.74) is 1.72. The first-order valence-electron chi connectivity index (χ1n) is 10.4. The molecule has 1 aromatic heterocycles. The molecule has 2 aromatic carbocycles. The third-order valence-corrected chi connectivity index (χ3v) is 5.75.